The van der Waals surface area contributed by atoms with Gasteiger partial charge in [-0.25, -0.2) is 0 Å². The van der Waals surface area contributed by atoms with E-state index in [1.54, 1.807) is 16.2 Å². The molecule has 226 valence electrons. The highest BCUT2D eigenvalue weighted by Crippen LogP contribution is 2.45. The topological polar surface area (TPSA) is 71.7 Å². The van der Waals surface area contributed by atoms with Gasteiger partial charge < -0.3 is 20.1 Å². The van der Waals surface area contributed by atoms with E-state index in [9.17, 15) is 9.59 Å². The molecule has 3 aromatic rings. The highest BCUT2D eigenvalue weighted by Gasteiger charge is 2.50. The second-order valence-electron chi connectivity index (χ2n) is 13.7. The number of aryl methyl sites for hydroxylation is 2. The highest BCUT2D eigenvalue weighted by molar-refractivity contribution is 7.19. The van der Waals surface area contributed by atoms with E-state index in [2.05, 4.69) is 72.1 Å². The van der Waals surface area contributed by atoms with Crippen LogP contribution < -0.4 is 5.32 Å². The fraction of sp³-hybridized carbons (Fsp3) is 0.588. The van der Waals surface area contributed by atoms with Crippen LogP contribution >= 0.6 is 11.3 Å². The van der Waals surface area contributed by atoms with E-state index < -0.39 is 5.41 Å². The lowest BCUT2D eigenvalue weighted by atomic mass is 9.76. The van der Waals surface area contributed by atoms with Gasteiger partial charge >= 0.3 is 0 Å². The number of thiophene rings is 1. The summed E-state index contributed by atoms with van der Waals surface area (Å²) in [7, 11) is 3.65. The summed E-state index contributed by atoms with van der Waals surface area (Å²) in [6, 6.07) is 9.48. The SMILES string of the molecule is Cc1cc(C)cc(-c2[nH]c3sc(C(C)(C)C(=O)C4C5CCC4NC5)cc3c2CCN2CCN(CC(=O)N(C)C)CC2)c1. The summed E-state index contributed by atoms with van der Waals surface area (Å²) in [5, 5.41) is 4.86. The maximum absolute atomic E-state index is 14.0. The third-order valence-corrected chi connectivity index (χ3v) is 11.4. The van der Waals surface area contributed by atoms with E-state index in [4.69, 9.17) is 0 Å². The molecule has 3 aliphatic rings. The lowest BCUT2D eigenvalue weighted by Gasteiger charge is -2.34. The molecule has 1 saturated carbocycles. The summed E-state index contributed by atoms with van der Waals surface area (Å²) in [5.41, 5.74) is 5.85. The van der Waals surface area contributed by atoms with Gasteiger partial charge in [0.25, 0.3) is 0 Å². The van der Waals surface area contributed by atoms with Gasteiger partial charge in [0.1, 0.15) is 10.6 Å². The van der Waals surface area contributed by atoms with E-state index in [-0.39, 0.29) is 11.8 Å². The molecule has 2 aliphatic heterocycles. The summed E-state index contributed by atoms with van der Waals surface area (Å²) in [5.74, 6) is 1.23. The van der Waals surface area contributed by atoms with Crippen LogP contribution in [-0.2, 0) is 21.4 Å². The maximum Gasteiger partial charge on any atom is 0.236 e. The number of hydrogen-bond acceptors (Lipinski definition) is 6. The van der Waals surface area contributed by atoms with Crippen molar-refractivity contribution in [1.82, 2.24) is 25.0 Å². The first-order chi connectivity index (χ1) is 20.0. The first-order valence-corrected chi connectivity index (χ1v) is 16.5. The molecule has 1 amide bonds. The van der Waals surface area contributed by atoms with Gasteiger partial charge in [-0.1, -0.05) is 17.2 Å². The van der Waals surface area contributed by atoms with E-state index >= 15 is 0 Å². The number of ketones is 1. The number of fused-ring (bicyclic) bond motifs is 3. The predicted octanol–water partition coefficient (Wildman–Crippen LogP) is 4.61. The first-order valence-electron chi connectivity index (χ1n) is 15.7. The van der Waals surface area contributed by atoms with Crippen LogP contribution in [0.25, 0.3) is 21.5 Å². The number of H-pyrrole nitrogens is 1. The summed E-state index contributed by atoms with van der Waals surface area (Å²) in [6.45, 7) is 14.9. The van der Waals surface area contributed by atoms with E-state index in [0.29, 0.717) is 24.3 Å². The molecule has 3 atom stereocenters. The van der Waals surface area contributed by atoms with Gasteiger partial charge in [0.05, 0.1) is 17.7 Å². The maximum atomic E-state index is 14.0. The zero-order chi connectivity index (χ0) is 29.8. The summed E-state index contributed by atoms with van der Waals surface area (Å²) in [6.07, 6.45) is 3.26. The molecule has 1 aromatic carbocycles. The van der Waals surface area contributed by atoms with Gasteiger partial charge in [-0.05, 0) is 88.7 Å². The summed E-state index contributed by atoms with van der Waals surface area (Å²) >= 11 is 1.77. The van der Waals surface area contributed by atoms with Crippen molar-refractivity contribution in [1.29, 1.82) is 0 Å². The Morgan fingerprint density at radius 1 is 1.00 bits per heavy atom. The second-order valence-corrected chi connectivity index (χ2v) is 14.8. The van der Waals surface area contributed by atoms with Crippen molar-refractivity contribution < 1.29 is 9.59 Å². The van der Waals surface area contributed by atoms with Crippen LogP contribution in [0.1, 0.15) is 48.3 Å². The Balaban J connectivity index is 1.25. The highest BCUT2D eigenvalue weighted by atomic mass is 32.1. The zero-order valence-corrected chi connectivity index (χ0v) is 27.0. The third kappa shape index (κ3) is 5.59. The van der Waals surface area contributed by atoms with Gasteiger partial charge in [0, 0.05) is 69.0 Å². The molecule has 2 bridgehead atoms. The van der Waals surface area contributed by atoms with Crippen molar-refractivity contribution in [3.63, 3.8) is 0 Å². The molecule has 0 radical (unpaired) electrons. The van der Waals surface area contributed by atoms with Gasteiger partial charge in [-0.15, -0.1) is 11.3 Å². The number of aromatic amines is 1. The number of carbonyl (C=O) groups excluding carboxylic acids is 2. The lowest BCUT2D eigenvalue weighted by molar-refractivity contribution is -0.130. The second kappa shape index (κ2) is 11.5. The van der Waals surface area contributed by atoms with Crippen molar-refractivity contribution in [3.05, 3.63) is 45.8 Å². The number of benzene rings is 1. The Kier molecular flexibility index (Phi) is 8.11. The fourth-order valence-electron chi connectivity index (χ4n) is 7.52. The Morgan fingerprint density at radius 3 is 2.29 bits per heavy atom. The van der Waals surface area contributed by atoms with Crippen molar-refractivity contribution in [2.75, 3.05) is 59.9 Å². The molecule has 1 aliphatic carbocycles. The van der Waals surface area contributed by atoms with Crippen molar-refractivity contribution in [2.45, 2.75) is 58.4 Å². The number of amides is 1. The Labute approximate surface area is 254 Å². The normalized spacial score (nSPS) is 23.2. The molecule has 3 fully saturated rings. The van der Waals surface area contributed by atoms with Crippen LogP contribution in [0.4, 0.5) is 0 Å². The minimum absolute atomic E-state index is 0.150. The van der Waals surface area contributed by atoms with E-state index in [1.807, 2.05) is 14.1 Å². The quantitative estimate of drug-likeness (QED) is 0.382. The molecule has 6 rings (SSSR count). The molecular formula is C34H47N5O2S. The minimum atomic E-state index is -0.500. The molecule has 8 heteroatoms. The Bertz CT molecular complexity index is 1440. The molecule has 42 heavy (non-hydrogen) atoms. The number of hydrogen-bond donors (Lipinski definition) is 2. The van der Waals surface area contributed by atoms with Crippen molar-refractivity contribution in [3.8, 4) is 11.3 Å². The molecule has 0 spiro atoms. The van der Waals surface area contributed by atoms with Crippen LogP contribution in [0.5, 0.6) is 0 Å². The van der Waals surface area contributed by atoms with Crippen molar-refractivity contribution in [2.24, 2.45) is 11.8 Å². The number of likely N-dealkylation sites (N-methyl/N-ethyl adjacent to an activating group) is 1. The molecular weight excluding hydrogens is 542 g/mol. The average Bonchev–Trinajstić information content (AvgIpc) is 3.72. The molecule has 2 aromatic heterocycles. The van der Waals surface area contributed by atoms with Crippen LogP contribution in [0.15, 0.2) is 24.3 Å². The smallest absolute Gasteiger partial charge is 0.236 e. The molecule has 2 saturated heterocycles. The van der Waals surface area contributed by atoms with Gasteiger partial charge in [0.2, 0.25) is 5.91 Å². The minimum Gasteiger partial charge on any atom is -0.348 e. The molecule has 7 nitrogen and oxygen atoms in total. The predicted molar refractivity (Wildman–Crippen MR) is 172 cm³/mol. The van der Waals surface area contributed by atoms with E-state index in [1.165, 1.54) is 49.5 Å². The molecule has 3 unspecified atom stereocenters. The van der Waals surface area contributed by atoms with Crippen LogP contribution in [0, 0.1) is 25.7 Å². The number of aromatic nitrogens is 1. The first kappa shape index (κ1) is 29.5. The summed E-state index contributed by atoms with van der Waals surface area (Å²) < 4.78 is 0. The van der Waals surface area contributed by atoms with Gasteiger partial charge in [0.15, 0.2) is 0 Å². The number of rotatable bonds is 9. The average molecular weight is 590 g/mol. The molecule has 2 N–H and O–H groups in total. The van der Waals surface area contributed by atoms with E-state index in [0.717, 1.165) is 52.1 Å². The number of nitrogens with one attached hydrogen (secondary N) is 2. The standard InChI is InChI=1S/C34H47N5O2S/c1-21-15-22(2)17-24(16-21)31-25(9-10-38-11-13-39(14-12-38)20-29(40)37(5)6)26-18-28(42-33(26)36-31)34(3,4)32(41)30-23-7-8-27(30)35-19-23/h15-18,23,27,30,35-36H,7-14,19-20H2,1-6H3. The zero-order valence-electron chi connectivity index (χ0n) is 26.2. The Hall–Kier alpha value is -2.52. The third-order valence-electron chi connectivity index (χ3n) is 10.1. The fourth-order valence-corrected chi connectivity index (χ4v) is 8.71. The lowest BCUT2D eigenvalue weighted by Crippen LogP contribution is -2.49. The van der Waals surface area contributed by atoms with Crippen LogP contribution in [0.2, 0.25) is 0 Å². The van der Waals surface area contributed by atoms with Crippen LogP contribution in [0.3, 0.4) is 0 Å². The van der Waals surface area contributed by atoms with Gasteiger partial charge in [-0.3, -0.25) is 14.5 Å². The van der Waals surface area contributed by atoms with Crippen molar-refractivity contribution >= 4 is 33.2 Å². The largest absolute Gasteiger partial charge is 0.348 e. The number of piperidine rings is 1. The van der Waals surface area contributed by atoms with Crippen LogP contribution in [-0.4, -0.2) is 97.3 Å². The number of Topliss-reactive ketones (excluding diaryl/α,β-unsaturated/α-hetero) is 1. The Morgan fingerprint density at radius 2 is 1.69 bits per heavy atom. The monoisotopic (exact) mass is 589 g/mol. The number of carbonyl (C=O) groups is 2. The molecule has 4 heterocycles. The summed E-state index contributed by atoms with van der Waals surface area (Å²) in [4.78, 5) is 38.8. The van der Waals surface area contributed by atoms with Gasteiger partial charge in [-0.2, -0.15) is 0 Å². The number of nitrogens with zero attached hydrogens (tertiary/aromatic N) is 3. The number of piperazine rings is 1.